The predicted molar refractivity (Wildman–Crippen MR) is 103 cm³/mol. The maximum Gasteiger partial charge on any atom is 2.00 e. The summed E-state index contributed by atoms with van der Waals surface area (Å²) in [5, 5.41) is 0. The van der Waals surface area contributed by atoms with Gasteiger partial charge >= 0.3 is 89.4 Å². The first-order valence-electron chi connectivity index (χ1n) is 6.95. The molecule has 1 aliphatic heterocycles. The van der Waals surface area contributed by atoms with Crippen LogP contribution in [0.2, 0.25) is 0 Å². The van der Waals surface area contributed by atoms with Gasteiger partial charge in [-0.25, -0.2) is 5.57 Å². The molecule has 0 saturated carbocycles. The van der Waals surface area contributed by atoms with E-state index < -0.39 is 0 Å². The second-order valence-corrected chi connectivity index (χ2v) is 9.44. The fourth-order valence-corrected chi connectivity index (χ4v) is 4.83. The van der Waals surface area contributed by atoms with E-state index in [-0.39, 0.29) is 56.4 Å². The van der Waals surface area contributed by atoms with Crippen LogP contribution in [0.25, 0.3) is 0 Å². The van der Waals surface area contributed by atoms with E-state index in [0.29, 0.717) is 15.3 Å². The minimum absolute atomic E-state index is 0. The summed E-state index contributed by atoms with van der Waals surface area (Å²) < 4.78 is 3.28. The first-order valence-corrected chi connectivity index (χ1v) is 8.82. The molecule has 0 amide bonds. The minimum Gasteiger partial charge on any atom is -0.263 e. The first kappa shape index (κ1) is 27.8. The van der Waals surface area contributed by atoms with Crippen LogP contribution in [0, 0.1) is 16.2 Å². The molecule has 4 heteroatoms. The topological polar surface area (TPSA) is 0 Å². The maximum absolute atomic E-state index is 3.44. The third-order valence-corrected chi connectivity index (χ3v) is 7.36. The molecule has 124 valence electrons. The molecule has 2 aliphatic rings. The molecule has 0 spiro atoms. The predicted octanol–water partition coefficient (Wildman–Crippen LogP) is 5.74. The molecule has 0 unspecified atom stereocenters. The number of hydrogen-bond acceptors (Lipinski definition) is 0. The summed E-state index contributed by atoms with van der Waals surface area (Å²) in [6.07, 6.45) is 3.44. The molecule has 22 heavy (non-hydrogen) atoms. The summed E-state index contributed by atoms with van der Waals surface area (Å²) in [5.41, 5.74) is 7.49. The van der Waals surface area contributed by atoms with E-state index in [4.69, 9.17) is 0 Å². The molecule has 0 aromatic rings. The molecular weight excluding hydrogens is 453 g/mol. The van der Waals surface area contributed by atoms with Crippen LogP contribution in [0.3, 0.4) is 0 Å². The van der Waals surface area contributed by atoms with Crippen molar-refractivity contribution in [2.24, 2.45) is 5.41 Å². The first-order chi connectivity index (χ1) is 8.58. The third kappa shape index (κ3) is 6.47. The third-order valence-electron chi connectivity index (χ3n) is 4.55. The summed E-state index contributed by atoms with van der Waals surface area (Å²) >= 11 is 0.430. The van der Waals surface area contributed by atoms with Crippen LogP contribution in [-0.2, 0) is 26.2 Å². The van der Waals surface area contributed by atoms with Crippen molar-refractivity contribution in [3.8, 4) is 0 Å². The summed E-state index contributed by atoms with van der Waals surface area (Å²) in [7, 11) is 0. The van der Waals surface area contributed by atoms with Gasteiger partial charge in [0.25, 0.3) is 0 Å². The van der Waals surface area contributed by atoms with E-state index in [0.717, 1.165) is 0 Å². The summed E-state index contributed by atoms with van der Waals surface area (Å²) in [4.78, 5) is 0. The Labute approximate surface area is 175 Å². The van der Waals surface area contributed by atoms with E-state index in [2.05, 4.69) is 68.4 Å². The molecule has 1 heterocycles. The number of rotatable bonds is 0. The van der Waals surface area contributed by atoms with Crippen LogP contribution in [-0.4, -0.2) is 19.6 Å². The van der Waals surface area contributed by atoms with Crippen LogP contribution >= 0.6 is 24.8 Å². The van der Waals surface area contributed by atoms with Crippen LogP contribution < -0.4 is 0 Å². The Morgan fingerprint density at radius 1 is 0.909 bits per heavy atom. The number of halogens is 2. The molecule has 0 atom stereocenters. The molecule has 1 aliphatic carbocycles. The van der Waals surface area contributed by atoms with E-state index in [1.54, 1.807) is 20.2 Å². The largest absolute Gasteiger partial charge is 2.00 e. The van der Waals surface area contributed by atoms with Gasteiger partial charge in [0.1, 0.15) is 0 Å². The monoisotopic (exact) mass is 480 g/mol. The van der Waals surface area contributed by atoms with Gasteiger partial charge < -0.3 is 0 Å². The Bertz CT molecular complexity index is 511. The van der Waals surface area contributed by atoms with Crippen molar-refractivity contribution in [3.63, 3.8) is 0 Å². The number of hydrogen-bond donors (Lipinski definition) is 0. The van der Waals surface area contributed by atoms with Crippen LogP contribution in [0.15, 0.2) is 27.9 Å². The Morgan fingerprint density at radius 2 is 1.36 bits per heavy atom. The van der Waals surface area contributed by atoms with Crippen molar-refractivity contribution in [2.75, 3.05) is 0 Å². The molecule has 0 radical (unpaired) electrons. The standard InChI is InChI=1S/C10H15.C8H12As.2ClH.Zr/c1-7-6-10(4,5)9(3)8(7)2;1-5-6(2)8(4)9-7(5)3;;;/h1-5H3;1-4H3;2*1H;/q2*-1;;;+2. The van der Waals surface area contributed by atoms with Gasteiger partial charge in [0.05, 0.1) is 0 Å². The van der Waals surface area contributed by atoms with Gasteiger partial charge in [-0.05, 0) is 0 Å². The zero-order valence-corrected chi connectivity index (χ0v) is 21.2. The van der Waals surface area contributed by atoms with Crippen molar-refractivity contribution in [1.29, 1.82) is 0 Å². The summed E-state index contributed by atoms with van der Waals surface area (Å²) in [6.45, 7) is 19.9. The van der Waals surface area contributed by atoms with Crippen LogP contribution in [0.5, 0.6) is 0 Å². The molecule has 0 fully saturated rings. The van der Waals surface area contributed by atoms with Gasteiger partial charge in [-0.15, -0.1) is 31.7 Å². The second kappa shape index (κ2) is 10.8. The van der Waals surface area contributed by atoms with Crippen molar-refractivity contribution in [1.82, 2.24) is 0 Å². The molecule has 0 aromatic heterocycles. The molecular formula is C18H29AsCl2Zr. The van der Waals surface area contributed by atoms with Crippen molar-refractivity contribution >= 4 is 44.4 Å². The van der Waals surface area contributed by atoms with Gasteiger partial charge in [0.2, 0.25) is 0 Å². The van der Waals surface area contributed by atoms with E-state index >= 15 is 0 Å². The number of allylic oxidation sites excluding steroid dienone is 6. The Morgan fingerprint density at radius 3 is 1.45 bits per heavy atom. The SMILES string of the molecule is CC1=[As][C-](C)C(C)=C1C.CC1=[C-]C(C)(C)C(C)=C1C.Cl.Cl.[Zr+2]. The molecule has 0 bridgehead atoms. The summed E-state index contributed by atoms with van der Waals surface area (Å²) in [5.74, 6) is 0. The van der Waals surface area contributed by atoms with Gasteiger partial charge in [-0.3, -0.25) is 6.08 Å². The van der Waals surface area contributed by atoms with Crippen LogP contribution in [0.4, 0.5) is 0 Å². The zero-order valence-electron chi connectivity index (χ0n) is 15.3. The quantitative estimate of drug-likeness (QED) is 0.305. The second-order valence-electron chi connectivity index (χ2n) is 6.16. The van der Waals surface area contributed by atoms with E-state index in [9.17, 15) is 0 Å². The average molecular weight is 482 g/mol. The molecule has 0 aromatic carbocycles. The normalized spacial score (nSPS) is 19.2. The van der Waals surface area contributed by atoms with Gasteiger partial charge in [-0.1, -0.05) is 33.1 Å². The Balaban J connectivity index is -0.000000290. The smallest absolute Gasteiger partial charge is 0.263 e. The molecule has 0 N–H and O–H groups in total. The average Bonchev–Trinajstić information content (AvgIpc) is 2.63. The van der Waals surface area contributed by atoms with Gasteiger partial charge in [0.15, 0.2) is 0 Å². The van der Waals surface area contributed by atoms with Crippen molar-refractivity contribution < 1.29 is 26.2 Å². The molecule has 0 nitrogen and oxygen atoms in total. The minimum atomic E-state index is 0. The Hall–Kier alpha value is 0.982. The van der Waals surface area contributed by atoms with Crippen LogP contribution in [0.1, 0.15) is 62.3 Å². The van der Waals surface area contributed by atoms with Crippen molar-refractivity contribution in [3.05, 3.63) is 38.6 Å². The summed E-state index contributed by atoms with van der Waals surface area (Å²) in [6, 6.07) is 0. The molecule has 2 rings (SSSR count). The Kier molecular flexibility index (Phi) is 13.6. The fourth-order valence-electron chi connectivity index (χ4n) is 2.37. The van der Waals surface area contributed by atoms with E-state index in [1.165, 1.54) is 16.7 Å². The fraction of sp³-hybridized carbons (Fsp3) is 0.556. The zero-order chi connectivity index (χ0) is 15.0. The van der Waals surface area contributed by atoms with Gasteiger partial charge in [-0.2, -0.15) is 11.1 Å². The maximum atomic E-state index is 3.44. The molecule has 0 saturated heterocycles. The van der Waals surface area contributed by atoms with E-state index in [1.807, 2.05) is 0 Å². The van der Waals surface area contributed by atoms with Gasteiger partial charge in [0, 0.05) is 0 Å². The van der Waals surface area contributed by atoms with Crippen molar-refractivity contribution in [2.45, 2.75) is 62.3 Å².